The van der Waals surface area contributed by atoms with Crippen molar-refractivity contribution < 1.29 is 13.2 Å². The highest BCUT2D eigenvalue weighted by Gasteiger charge is 2.34. The molecule has 1 aromatic heterocycles. The number of hydrogen-bond donors (Lipinski definition) is 0. The van der Waals surface area contributed by atoms with E-state index in [0.717, 1.165) is 17.3 Å². The maximum atomic E-state index is 12.8. The lowest BCUT2D eigenvalue weighted by atomic mass is 10.2. The summed E-state index contributed by atoms with van der Waals surface area (Å²) < 4.78 is 38.4. The number of aromatic nitrogens is 2. The lowest BCUT2D eigenvalue weighted by Crippen LogP contribution is -2.19. The number of aryl methyl sites for hydroxylation is 1. The van der Waals surface area contributed by atoms with Crippen molar-refractivity contribution in [3.63, 3.8) is 0 Å². The van der Waals surface area contributed by atoms with Crippen molar-refractivity contribution in [2.24, 2.45) is 0 Å². The molecule has 0 bridgehead atoms. The molecule has 0 amide bonds. The first-order valence-electron chi connectivity index (χ1n) is 6.27. The second-order valence-corrected chi connectivity index (χ2v) is 4.80. The largest absolute Gasteiger partial charge is 0.433 e. The number of halogens is 4. The Morgan fingerprint density at radius 2 is 1.76 bits per heavy atom. The second kappa shape index (κ2) is 5.89. The minimum atomic E-state index is -4.56. The molecule has 0 spiro atoms. The summed E-state index contributed by atoms with van der Waals surface area (Å²) in [7, 11) is 0. The van der Waals surface area contributed by atoms with Crippen LogP contribution in [0.25, 0.3) is 0 Å². The van der Waals surface area contributed by atoms with Crippen molar-refractivity contribution in [2.45, 2.75) is 20.0 Å². The van der Waals surface area contributed by atoms with Crippen LogP contribution in [0.15, 0.2) is 30.3 Å². The highest BCUT2D eigenvalue weighted by Crippen LogP contribution is 2.32. The van der Waals surface area contributed by atoms with Gasteiger partial charge in [-0.1, -0.05) is 17.7 Å². The molecule has 0 atom stereocenters. The summed E-state index contributed by atoms with van der Waals surface area (Å²) in [5.74, 6) is 0.119. The van der Waals surface area contributed by atoms with Gasteiger partial charge in [-0.25, -0.2) is 9.97 Å². The maximum Gasteiger partial charge on any atom is 0.433 e. The summed E-state index contributed by atoms with van der Waals surface area (Å²) in [6, 6.07) is 8.30. The molecular formula is C14H13ClF3N3. The van der Waals surface area contributed by atoms with Gasteiger partial charge < -0.3 is 4.90 Å². The zero-order valence-electron chi connectivity index (χ0n) is 11.4. The highest BCUT2D eigenvalue weighted by molar-refractivity contribution is 6.28. The maximum absolute atomic E-state index is 12.8. The average molecular weight is 316 g/mol. The van der Waals surface area contributed by atoms with Gasteiger partial charge in [-0.2, -0.15) is 13.2 Å². The fourth-order valence-electron chi connectivity index (χ4n) is 1.89. The molecule has 112 valence electrons. The molecule has 3 nitrogen and oxygen atoms in total. The van der Waals surface area contributed by atoms with E-state index in [1.807, 2.05) is 38.1 Å². The number of benzene rings is 1. The summed E-state index contributed by atoms with van der Waals surface area (Å²) in [5, 5.41) is -0.426. The van der Waals surface area contributed by atoms with Crippen molar-refractivity contribution in [1.29, 1.82) is 0 Å². The van der Waals surface area contributed by atoms with Crippen LogP contribution in [-0.2, 0) is 6.18 Å². The predicted octanol–water partition coefficient (Wildman–Crippen LogP) is 4.62. The zero-order chi connectivity index (χ0) is 15.6. The molecule has 0 fully saturated rings. The van der Waals surface area contributed by atoms with E-state index in [9.17, 15) is 13.2 Å². The van der Waals surface area contributed by atoms with Crippen LogP contribution in [0.2, 0.25) is 5.28 Å². The first-order valence-corrected chi connectivity index (χ1v) is 6.65. The second-order valence-electron chi connectivity index (χ2n) is 4.46. The fourth-order valence-corrected chi connectivity index (χ4v) is 2.07. The van der Waals surface area contributed by atoms with E-state index in [1.165, 1.54) is 0 Å². The topological polar surface area (TPSA) is 29.0 Å². The van der Waals surface area contributed by atoms with Crippen LogP contribution in [-0.4, -0.2) is 16.5 Å². The molecule has 7 heteroatoms. The van der Waals surface area contributed by atoms with Crippen LogP contribution in [0.3, 0.4) is 0 Å². The quantitative estimate of drug-likeness (QED) is 0.774. The predicted molar refractivity (Wildman–Crippen MR) is 75.9 cm³/mol. The van der Waals surface area contributed by atoms with E-state index in [2.05, 4.69) is 9.97 Å². The van der Waals surface area contributed by atoms with Crippen LogP contribution in [0.1, 0.15) is 18.2 Å². The third kappa shape index (κ3) is 3.64. The third-order valence-corrected chi connectivity index (χ3v) is 3.08. The van der Waals surface area contributed by atoms with Gasteiger partial charge in [0.2, 0.25) is 5.28 Å². The Bertz CT molecular complexity index is 626. The Labute approximate surface area is 125 Å². The first-order chi connectivity index (χ1) is 9.81. The number of rotatable bonds is 3. The van der Waals surface area contributed by atoms with E-state index in [0.29, 0.717) is 6.54 Å². The van der Waals surface area contributed by atoms with Crippen LogP contribution in [0, 0.1) is 6.92 Å². The number of anilines is 2. The van der Waals surface area contributed by atoms with E-state index in [-0.39, 0.29) is 5.82 Å². The first kappa shape index (κ1) is 15.6. The molecule has 1 aromatic carbocycles. The SMILES string of the molecule is CCN(c1ccc(C)cc1)c1cc(C(F)(F)F)nc(Cl)n1. The van der Waals surface area contributed by atoms with Crippen molar-refractivity contribution >= 4 is 23.1 Å². The van der Waals surface area contributed by atoms with Gasteiger partial charge in [0.15, 0.2) is 5.69 Å². The Morgan fingerprint density at radius 3 is 2.29 bits per heavy atom. The summed E-state index contributed by atoms with van der Waals surface area (Å²) in [5.41, 5.74) is 0.751. The summed E-state index contributed by atoms with van der Waals surface area (Å²) in [4.78, 5) is 8.77. The monoisotopic (exact) mass is 315 g/mol. The molecule has 0 N–H and O–H groups in total. The normalized spacial score (nSPS) is 11.5. The van der Waals surface area contributed by atoms with Crippen LogP contribution in [0.4, 0.5) is 24.7 Å². The van der Waals surface area contributed by atoms with Gasteiger partial charge in [0.05, 0.1) is 0 Å². The van der Waals surface area contributed by atoms with Crippen molar-refractivity contribution in [3.05, 3.63) is 46.9 Å². The molecule has 0 saturated heterocycles. The molecule has 1 heterocycles. The number of hydrogen-bond acceptors (Lipinski definition) is 3. The Morgan fingerprint density at radius 1 is 1.14 bits per heavy atom. The average Bonchev–Trinajstić information content (AvgIpc) is 2.40. The van der Waals surface area contributed by atoms with Crippen LogP contribution in [0.5, 0.6) is 0 Å². The van der Waals surface area contributed by atoms with Gasteiger partial charge in [0.25, 0.3) is 0 Å². The number of alkyl halides is 3. The van der Waals surface area contributed by atoms with Gasteiger partial charge in [-0.05, 0) is 37.6 Å². The minimum Gasteiger partial charge on any atom is -0.327 e. The Balaban J connectivity index is 2.47. The van der Waals surface area contributed by atoms with Gasteiger partial charge in [0, 0.05) is 18.3 Å². The van der Waals surface area contributed by atoms with Gasteiger partial charge in [-0.3, -0.25) is 0 Å². The Kier molecular flexibility index (Phi) is 4.37. The third-order valence-electron chi connectivity index (χ3n) is 2.91. The molecule has 0 aliphatic rings. The summed E-state index contributed by atoms with van der Waals surface area (Å²) in [6.45, 7) is 4.21. The fraction of sp³-hybridized carbons (Fsp3) is 0.286. The summed E-state index contributed by atoms with van der Waals surface area (Å²) in [6.07, 6.45) is -4.56. The molecule has 0 saturated carbocycles. The zero-order valence-corrected chi connectivity index (χ0v) is 12.2. The molecular weight excluding hydrogens is 303 g/mol. The molecule has 0 radical (unpaired) electrons. The van der Waals surface area contributed by atoms with Crippen molar-refractivity contribution in [1.82, 2.24) is 9.97 Å². The molecule has 0 aliphatic heterocycles. The molecule has 2 rings (SSSR count). The summed E-state index contributed by atoms with van der Waals surface area (Å²) >= 11 is 5.62. The van der Waals surface area contributed by atoms with E-state index in [4.69, 9.17) is 11.6 Å². The molecule has 2 aromatic rings. The lowest BCUT2D eigenvalue weighted by Gasteiger charge is -2.23. The van der Waals surface area contributed by atoms with E-state index >= 15 is 0 Å². The molecule has 0 unspecified atom stereocenters. The molecule has 21 heavy (non-hydrogen) atoms. The highest BCUT2D eigenvalue weighted by atomic mass is 35.5. The van der Waals surface area contributed by atoms with Crippen LogP contribution < -0.4 is 4.90 Å². The number of nitrogens with zero attached hydrogens (tertiary/aromatic N) is 3. The standard InChI is InChI=1S/C14H13ClF3N3/c1-3-21(10-6-4-9(2)5-7-10)12-8-11(14(16,17)18)19-13(15)20-12/h4-8H,3H2,1-2H3. The lowest BCUT2D eigenvalue weighted by molar-refractivity contribution is -0.141. The molecule has 0 aliphatic carbocycles. The van der Waals surface area contributed by atoms with E-state index in [1.54, 1.807) is 4.90 Å². The smallest absolute Gasteiger partial charge is 0.327 e. The van der Waals surface area contributed by atoms with Gasteiger partial charge in [0.1, 0.15) is 5.82 Å². The van der Waals surface area contributed by atoms with Gasteiger partial charge in [-0.15, -0.1) is 0 Å². The van der Waals surface area contributed by atoms with E-state index < -0.39 is 17.2 Å². The minimum absolute atomic E-state index is 0.119. The van der Waals surface area contributed by atoms with Gasteiger partial charge >= 0.3 is 6.18 Å². The van der Waals surface area contributed by atoms with Crippen molar-refractivity contribution in [3.8, 4) is 0 Å². The van der Waals surface area contributed by atoms with Crippen LogP contribution >= 0.6 is 11.6 Å². The van der Waals surface area contributed by atoms with Crippen molar-refractivity contribution in [2.75, 3.05) is 11.4 Å². The Hall–Kier alpha value is -1.82.